The van der Waals surface area contributed by atoms with Crippen molar-refractivity contribution in [3.8, 4) is 0 Å². The van der Waals surface area contributed by atoms with Crippen LogP contribution < -0.4 is 21.3 Å². The zero-order chi connectivity index (χ0) is 14.8. The molecule has 4 N–H and O–H groups in total. The molecule has 2 aliphatic heterocycles. The highest BCUT2D eigenvalue weighted by Gasteiger charge is 2.34. The molecular formula is C15H26N6. The lowest BCUT2D eigenvalue weighted by Crippen LogP contribution is -2.40. The molecule has 3 rings (SSSR count). The third-order valence-corrected chi connectivity index (χ3v) is 4.34. The van der Waals surface area contributed by atoms with E-state index in [2.05, 4.69) is 39.3 Å². The van der Waals surface area contributed by atoms with Crippen molar-refractivity contribution >= 4 is 17.6 Å². The summed E-state index contributed by atoms with van der Waals surface area (Å²) in [7, 11) is 0. The van der Waals surface area contributed by atoms with E-state index in [1.165, 1.54) is 12.8 Å². The normalized spacial score (nSPS) is 25.2. The summed E-state index contributed by atoms with van der Waals surface area (Å²) in [6.45, 7) is 8.47. The second-order valence-corrected chi connectivity index (χ2v) is 6.61. The van der Waals surface area contributed by atoms with Gasteiger partial charge in [0.25, 0.3) is 0 Å². The number of nitrogens with two attached hydrogens (primary N) is 1. The molecule has 21 heavy (non-hydrogen) atoms. The number of nitrogen functional groups attached to an aromatic ring is 1. The van der Waals surface area contributed by atoms with Crippen molar-refractivity contribution in [3.05, 3.63) is 6.07 Å². The Hall–Kier alpha value is -1.56. The molecule has 0 aliphatic carbocycles. The Balaban J connectivity index is 1.72. The van der Waals surface area contributed by atoms with Crippen molar-refractivity contribution in [2.45, 2.75) is 32.7 Å². The van der Waals surface area contributed by atoms with E-state index in [-0.39, 0.29) is 0 Å². The molecule has 0 amide bonds. The highest BCUT2D eigenvalue weighted by molar-refractivity contribution is 5.53. The van der Waals surface area contributed by atoms with E-state index in [9.17, 15) is 0 Å². The van der Waals surface area contributed by atoms with Gasteiger partial charge in [-0.05, 0) is 31.2 Å². The summed E-state index contributed by atoms with van der Waals surface area (Å²) >= 11 is 0. The first-order valence-electron chi connectivity index (χ1n) is 7.98. The average Bonchev–Trinajstić information content (AvgIpc) is 2.88. The number of hydrogen-bond acceptors (Lipinski definition) is 6. The van der Waals surface area contributed by atoms with Gasteiger partial charge in [0.05, 0.1) is 0 Å². The van der Waals surface area contributed by atoms with Crippen LogP contribution in [0, 0.1) is 11.8 Å². The molecule has 0 unspecified atom stereocenters. The van der Waals surface area contributed by atoms with E-state index in [4.69, 9.17) is 5.73 Å². The van der Waals surface area contributed by atoms with Crippen LogP contribution in [0.3, 0.4) is 0 Å². The fourth-order valence-electron chi connectivity index (χ4n) is 3.25. The topological polar surface area (TPSA) is 79.1 Å². The number of anilines is 3. The largest absolute Gasteiger partial charge is 0.370 e. The van der Waals surface area contributed by atoms with E-state index < -0.39 is 0 Å². The van der Waals surface area contributed by atoms with Crippen molar-refractivity contribution in [1.82, 2.24) is 15.3 Å². The van der Waals surface area contributed by atoms with Gasteiger partial charge in [-0.2, -0.15) is 9.97 Å². The van der Waals surface area contributed by atoms with Gasteiger partial charge in [0, 0.05) is 31.7 Å². The summed E-state index contributed by atoms with van der Waals surface area (Å²) in [6.07, 6.45) is 2.59. The van der Waals surface area contributed by atoms with Gasteiger partial charge >= 0.3 is 0 Å². The SMILES string of the molecule is CC(C)CNc1cc(N2C[C@H]3CCCN[C@H]3C2)nc(N)n1. The van der Waals surface area contributed by atoms with Crippen LogP contribution in [0.2, 0.25) is 0 Å². The number of aromatic nitrogens is 2. The molecule has 0 spiro atoms. The molecule has 2 saturated heterocycles. The summed E-state index contributed by atoms with van der Waals surface area (Å²) in [4.78, 5) is 11.0. The van der Waals surface area contributed by atoms with Crippen molar-refractivity contribution in [2.75, 3.05) is 42.1 Å². The predicted octanol–water partition coefficient (Wildman–Crippen LogP) is 1.31. The summed E-state index contributed by atoms with van der Waals surface area (Å²) in [5.41, 5.74) is 5.88. The summed E-state index contributed by atoms with van der Waals surface area (Å²) < 4.78 is 0. The van der Waals surface area contributed by atoms with E-state index in [1.807, 2.05) is 6.07 Å². The molecule has 6 nitrogen and oxygen atoms in total. The summed E-state index contributed by atoms with van der Waals surface area (Å²) in [5.74, 6) is 3.44. The number of piperidine rings is 1. The van der Waals surface area contributed by atoms with Crippen molar-refractivity contribution < 1.29 is 0 Å². The molecule has 0 saturated carbocycles. The standard InChI is InChI=1S/C15H26N6/c1-10(2)7-18-13-6-14(20-15(16)19-13)21-8-11-4-3-5-17-12(11)9-21/h6,10-12,17H,3-5,7-9H2,1-2H3,(H3,16,18,19,20)/t11-,12+/m1/s1. The lowest BCUT2D eigenvalue weighted by Gasteiger charge is -2.24. The van der Waals surface area contributed by atoms with Crippen LogP contribution in [0.25, 0.3) is 0 Å². The minimum Gasteiger partial charge on any atom is -0.370 e. The number of hydrogen-bond donors (Lipinski definition) is 3. The fourth-order valence-corrected chi connectivity index (χ4v) is 3.25. The number of nitrogens with one attached hydrogen (secondary N) is 2. The monoisotopic (exact) mass is 290 g/mol. The van der Waals surface area contributed by atoms with Crippen molar-refractivity contribution in [1.29, 1.82) is 0 Å². The smallest absolute Gasteiger partial charge is 0.223 e. The Kier molecular flexibility index (Phi) is 4.14. The van der Waals surface area contributed by atoms with Crippen molar-refractivity contribution in [3.63, 3.8) is 0 Å². The Morgan fingerprint density at radius 1 is 1.43 bits per heavy atom. The third kappa shape index (κ3) is 3.37. The van der Waals surface area contributed by atoms with Crippen LogP contribution in [0.5, 0.6) is 0 Å². The van der Waals surface area contributed by atoms with Gasteiger partial charge < -0.3 is 21.3 Å². The third-order valence-electron chi connectivity index (χ3n) is 4.34. The Labute approximate surface area is 126 Å². The molecule has 1 aromatic heterocycles. The molecule has 3 heterocycles. The molecular weight excluding hydrogens is 264 g/mol. The quantitative estimate of drug-likeness (QED) is 0.776. The Bertz CT molecular complexity index is 475. The van der Waals surface area contributed by atoms with Crippen LogP contribution in [-0.2, 0) is 0 Å². The maximum Gasteiger partial charge on any atom is 0.223 e. The maximum atomic E-state index is 5.88. The molecule has 1 aromatic rings. The van der Waals surface area contributed by atoms with E-state index in [0.29, 0.717) is 17.9 Å². The molecule has 2 atom stereocenters. The van der Waals surface area contributed by atoms with Gasteiger partial charge in [-0.3, -0.25) is 0 Å². The van der Waals surface area contributed by atoms with Crippen LogP contribution in [0.15, 0.2) is 6.07 Å². The summed E-state index contributed by atoms with van der Waals surface area (Å²) in [5, 5.41) is 6.96. The highest BCUT2D eigenvalue weighted by atomic mass is 15.3. The minimum atomic E-state index is 0.349. The van der Waals surface area contributed by atoms with Gasteiger partial charge in [-0.15, -0.1) is 0 Å². The maximum absolute atomic E-state index is 5.88. The number of nitrogens with zero attached hydrogens (tertiary/aromatic N) is 3. The molecule has 116 valence electrons. The van der Waals surface area contributed by atoms with Crippen LogP contribution in [0.4, 0.5) is 17.6 Å². The van der Waals surface area contributed by atoms with Crippen LogP contribution in [-0.4, -0.2) is 42.2 Å². The molecule has 2 fully saturated rings. The van der Waals surface area contributed by atoms with Gasteiger partial charge in [0.15, 0.2) is 0 Å². The van der Waals surface area contributed by atoms with Gasteiger partial charge in [-0.1, -0.05) is 13.8 Å². The van der Waals surface area contributed by atoms with Crippen LogP contribution >= 0.6 is 0 Å². The lowest BCUT2D eigenvalue weighted by molar-refractivity contribution is 0.340. The molecule has 0 radical (unpaired) electrons. The van der Waals surface area contributed by atoms with E-state index in [1.54, 1.807) is 0 Å². The predicted molar refractivity (Wildman–Crippen MR) is 86.5 cm³/mol. The average molecular weight is 290 g/mol. The molecule has 0 aromatic carbocycles. The number of fused-ring (bicyclic) bond motifs is 1. The van der Waals surface area contributed by atoms with Gasteiger partial charge in [0.1, 0.15) is 11.6 Å². The minimum absolute atomic E-state index is 0.349. The zero-order valence-electron chi connectivity index (χ0n) is 13.0. The highest BCUT2D eigenvalue weighted by Crippen LogP contribution is 2.29. The molecule has 2 aliphatic rings. The van der Waals surface area contributed by atoms with Gasteiger partial charge in [-0.25, -0.2) is 0 Å². The first-order valence-corrected chi connectivity index (χ1v) is 7.98. The molecule has 6 heteroatoms. The lowest BCUT2D eigenvalue weighted by atomic mass is 9.94. The van der Waals surface area contributed by atoms with E-state index in [0.717, 1.165) is 43.7 Å². The van der Waals surface area contributed by atoms with Gasteiger partial charge in [0.2, 0.25) is 5.95 Å². The molecule has 0 bridgehead atoms. The van der Waals surface area contributed by atoms with E-state index >= 15 is 0 Å². The van der Waals surface area contributed by atoms with Crippen molar-refractivity contribution in [2.24, 2.45) is 11.8 Å². The second kappa shape index (κ2) is 6.05. The first-order chi connectivity index (χ1) is 10.1. The van der Waals surface area contributed by atoms with Crippen LogP contribution in [0.1, 0.15) is 26.7 Å². The first kappa shape index (κ1) is 14.4. The second-order valence-electron chi connectivity index (χ2n) is 6.61. The Morgan fingerprint density at radius 2 is 2.29 bits per heavy atom. The Morgan fingerprint density at radius 3 is 3.05 bits per heavy atom. The fraction of sp³-hybridized carbons (Fsp3) is 0.733. The number of rotatable bonds is 4. The summed E-state index contributed by atoms with van der Waals surface area (Å²) in [6, 6.07) is 2.62. The zero-order valence-corrected chi connectivity index (χ0v) is 13.0.